The van der Waals surface area contributed by atoms with E-state index in [1.807, 2.05) is 19.1 Å². The van der Waals surface area contributed by atoms with E-state index in [-0.39, 0.29) is 6.04 Å². The van der Waals surface area contributed by atoms with E-state index in [1.165, 1.54) is 0 Å². The molecule has 0 radical (unpaired) electrons. The third-order valence-corrected chi connectivity index (χ3v) is 3.44. The molecule has 2 heterocycles. The minimum atomic E-state index is 0.00176. The average molecular weight is 278 g/mol. The summed E-state index contributed by atoms with van der Waals surface area (Å²) >= 11 is 0. The summed E-state index contributed by atoms with van der Waals surface area (Å²) in [5, 5.41) is 4.58. The van der Waals surface area contributed by atoms with Gasteiger partial charge in [-0.1, -0.05) is 19.1 Å². The highest BCUT2D eigenvalue weighted by atomic mass is 15.0. The van der Waals surface area contributed by atoms with Gasteiger partial charge in [0.1, 0.15) is 5.82 Å². The van der Waals surface area contributed by atoms with Crippen LogP contribution in [0, 0.1) is 6.92 Å². The van der Waals surface area contributed by atoms with Crippen LogP contribution in [0.25, 0.3) is 10.9 Å². The van der Waals surface area contributed by atoms with Gasteiger partial charge in [-0.2, -0.15) is 0 Å². The second-order valence-electron chi connectivity index (χ2n) is 5.00. The van der Waals surface area contributed by atoms with Crippen molar-refractivity contribution in [1.29, 1.82) is 0 Å². The van der Waals surface area contributed by atoms with Gasteiger partial charge in [-0.3, -0.25) is 4.98 Å². The van der Waals surface area contributed by atoms with E-state index in [9.17, 15) is 0 Å². The molecule has 0 aliphatic carbocycles. The van der Waals surface area contributed by atoms with Crippen molar-refractivity contribution in [3.05, 3.63) is 65.9 Å². The highest BCUT2D eigenvalue weighted by Crippen LogP contribution is 2.23. The molecule has 0 aliphatic heterocycles. The van der Waals surface area contributed by atoms with Crippen molar-refractivity contribution >= 4 is 10.9 Å². The van der Waals surface area contributed by atoms with Gasteiger partial charge < -0.3 is 5.32 Å². The Balaban J connectivity index is 2.05. The Kier molecular flexibility index (Phi) is 3.88. The number of benzene rings is 1. The molecular weight excluding hydrogens is 260 g/mol. The topological polar surface area (TPSA) is 50.7 Å². The maximum atomic E-state index is 4.54. The summed E-state index contributed by atoms with van der Waals surface area (Å²) < 4.78 is 0. The minimum Gasteiger partial charge on any atom is -0.304 e. The summed E-state index contributed by atoms with van der Waals surface area (Å²) in [6.45, 7) is 4.95. The largest absolute Gasteiger partial charge is 0.304 e. The highest BCUT2D eigenvalue weighted by Gasteiger charge is 2.15. The molecule has 2 aromatic heterocycles. The number of aryl methyl sites for hydroxylation is 1. The Hall–Kier alpha value is -2.33. The van der Waals surface area contributed by atoms with Gasteiger partial charge in [-0.25, -0.2) is 9.97 Å². The Bertz CT molecular complexity index is 740. The van der Waals surface area contributed by atoms with Gasteiger partial charge in [0.05, 0.1) is 11.6 Å². The smallest absolute Gasteiger partial charge is 0.149 e. The number of nitrogens with zero attached hydrogens (tertiary/aromatic N) is 3. The summed E-state index contributed by atoms with van der Waals surface area (Å²) in [4.78, 5) is 13.3. The molecular formula is C17H18N4. The van der Waals surface area contributed by atoms with E-state index in [1.54, 1.807) is 12.4 Å². The first-order valence-corrected chi connectivity index (χ1v) is 7.15. The zero-order chi connectivity index (χ0) is 14.7. The van der Waals surface area contributed by atoms with Crippen LogP contribution in [0.2, 0.25) is 0 Å². The van der Waals surface area contributed by atoms with Crippen LogP contribution in [0.5, 0.6) is 0 Å². The average Bonchev–Trinajstić information content (AvgIpc) is 2.53. The van der Waals surface area contributed by atoms with E-state index < -0.39 is 0 Å². The van der Waals surface area contributed by atoms with Crippen LogP contribution in [0.1, 0.15) is 30.0 Å². The van der Waals surface area contributed by atoms with E-state index in [0.29, 0.717) is 0 Å². The summed E-state index contributed by atoms with van der Waals surface area (Å²) in [5.41, 5.74) is 3.20. The van der Waals surface area contributed by atoms with Crippen molar-refractivity contribution in [3.63, 3.8) is 0 Å². The number of rotatable bonds is 4. The van der Waals surface area contributed by atoms with Gasteiger partial charge >= 0.3 is 0 Å². The molecule has 0 bridgehead atoms. The van der Waals surface area contributed by atoms with Gasteiger partial charge in [0.15, 0.2) is 0 Å². The molecule has 3 rings (SSSR count). The fraction of sp³-hybridized carbons (Fsp3) is 0.235. The predicted octanol–water partition coefficient (Wildman–Crippen LogP) is 3.03. The van der Waals surface area contributed by atoms with Crippen LogP contribution in [0.4, 0.5) is 0 Å². The molecule has 0 amide bonds. The quantitative estimate of drug-likeness (QED) is 0.797. The minimum absolute atomic E-state index is 0.00176. The van der Waals surface area contributed by atoms with Gasteiger partial charge in [0, 0.05) is 23.5 Å². The SMILES string of the molecule is CCNC(c1ccc2nc(C)ccc2c1)c1ncccn1. The fourth-order valence-corrected chi connectivity index (χ4v) is 2.45. The van der Waals surface area contributed by atoms with Gasteiger partial charge in [0.2, 0.25) is 0 Å². The number of nitrogens with one attached hydrogen (secondary N) is 1. The summed E-state index contributed by atoms with van der Waals surface area (Å²) in [5.74, 6) is 0.791. The Morgan fingerprint density at radius 3 is 2.67 bits per heavy atom. The molecule has 0 spiro atoms. The maximum Gasteiger partial charge on any atom is 0.149 e. The first kappa shape index (κ1) is 13.6. The third kappa shape index (κ3) is 2.90. The summed E-state index contributed by atoms with van der Waals surface area (Å²) in [6.07, 6.45) is 3.55. The van der Waals surface area contributed by atoms with Crippen molar-refractivity contribution in [2.75, 3.05) is 6.54 Å². The zero-order valence-electron chi connectivity index (χ0n) is 12.2. The molecule has 0 aliphatic rings. The van der Waals surface area contributed by atoms with E-state index in [4.69, 9.17) is 0 Å². The number of fused-ring (bicyclic) bond motifs is 1. The van der Waals surface area contributed by atoms with E-state index in [2.05, 4.69) is 51.5 Å². The molecule has 0 saturated heterocycles. The molecule has 1 N–H and O–H groups in total. The molecule has 21 heavy (non-hydrogen) atoms. The van der Waals surface area contributed by atoms with Crippen LogP contribution in [-0.4, -0.2) is 21.5 Å². The Morgan fingerprint density at radius 2 is 1.90 bits per heavy atom. The molecule has 0 fully saturated rings. The van der Waals surface area contributed by atoms with Crippen molar-refractivity contribution in [3.8, 4) is 0 Å². The molecule has 4 nitrogen and oxygen atoms in total. The molecule has 106 valence electrons. The van der Waals surface area contributed by atoms with Crippen LogP contribution in [-0.2, 0) is 0 Å². The second-order valence-corrected chi connectivity index (χ2v) is 5.00. The standard InChI is InChI=1S/C17H18N4/c1-3-18-16(17-19-9-4-10-20-17)14-7-8-15-13(11-14)6-5-12(2)21-15/h4-11,16,18H,3H2,1-2H3. The Morgan fingerprint density at radius 1 is 1.10 bits per heavy atom. The number of hydrogen-bond donors (Lipinski definition) is 1. The lowest BCUT2D eigenvalue weighted by molar-refractivity contribution is 0.598. The molecule has 1 atom stereocenters. The molecule has 1 aromatic carbocycles. The molecule has 1 unspecified atom stereocenters. The summed E-state index contributed by atoms with van der Waals surface area (Å²) in [6, 6.07) is 12.3. The van der Waals surface area contributed by atoms with Crippen LogP contribution >= 0.6 is 0 Å². The van der Waals surface area contributed by atoms with E-state index in [0.717, 1.165) is 34.5 Å². The number of pyridine rings is 1. The predicted molar refractivity (Wildman–Crippen MR) is 84.0 cm³/mol. The first-order valence-electron chi connectivity index (χ1n) is 7.15. The maximum absolute atomic E-state index is 4.54. The van der Waals surface area contributed by atoms with Gasteiger partial charge in [-0.05, 0) is 43.3 Å². The van der Waals surface area contributed by atoms with E-state index >= 15 is 0 Å². The highest BCUT2D eigenvalue weighted by molar-refractivity contribution is 5.79. The number of aromatic nitrogens is 3. The fourth-order valence-electron chi connectivity index (χ4n) is 2.45. The van der Waals surface area contributed by atoms with Gasteiger partial charge in [-0.15, -0.1) is 0 Å². The van der Waals surface area contributed by atoms with Crippen LogP contribution in [0.15, 0.2) is 48.8 Å². The molecule has 4 heteroatoms. The lowest BCUT2D eigenvalue weighted by Crippen LogP contribution is -2.23. The lowest BCUT2D eigenvalue weighted by Gasteiger charge is -2.17. The third-order valence-electron chi connectivity index (χ3n) is 3.44. The van der Waals surface area contributed by atoms with Crippen molar-refractivity contribution < 1.29 is 0 Å². The first-order chi connectivity index (χ1) is 10.3. The van der Waals surface area contributed by atoms with Crippen molar-refractivity contribution in [2.24, 2.45) is 0 Å². The van der Waals surface area contributed by atoms with Crippen molar-refractivity contribution in [2.45, 2.75) is 19.9 Å². The molecule has 0 saturated carbocycles. The molecule has 3 aromatic rings. The van der Waals surface area contributed by atoms with Crippen molar-refractivity contribution in [1.82, 2.24) is 20.3 Å². The lowest BCUT2D eigenvalue weighted by atomic mass is 10.0. The van der Waals surface area contributed by atoms with Crippen LogP contribution in [0.3, 0.4) is 0 Å². The zero-order valence-corrected chi connectivity index (χ0v) is 12.2. The summed E-state index contributed by atoms with van der Waals surface area (Å²) in [7, 11) is 0. The Labute approximate surface area is 124 Å². The normalized spacial score (nSPS) is 12.5. The second kappa shape index (κ2) is 5.97. The van der Waals surface area contributed by atoms with Crippen LogP contribution < -0.4 is 5.32 Å². The number of hydrogen-bond acceptors (Lipinski definition) is 4. The van der Waals surface area contributed by atoms with Gasteiger partial charge in [0.25, 0.3) is 0 Å². The monoisotopic (exact) mass is 278 g/mol.